The average Bonchev–Trinajstić information content (AvgIpc) is 2.47. The van der Waals surface area contributed by atoms with E-state index in [0.717, 1.165) is 5.69 Å². The number of nitrogens with zero attached hydrogens (tertiary/aromatic N) is 2. The lowest BCUT2D eigenvalue weighted by molar-refractivity contribution is -0.384. The van der Waals surface area contributed by atoms with Crippen LogP contribution in [-0.2, 0) is 9.84 Å². The highest BCUT2D eigenvalue weighted by atomic mass is 32.2. The minimum absolute atomic E-state index is 0.0422. The van der Waals surface area contributed by atoms with E-state index in [4.69, 9.17) is 0 Å². The molecule has 1 aliphatic rings. The summed E-state index contributed by atoms with van der Waals surface area (Å²) in [5, 5.41) is 10.7. The zero-order valence-corrected chi connectivity index (χ0v) is 13.1. The summed E-state index contributed by atoms with van der Waals surface area (Å²) in [4.78, 5) is 12.3. The van der Waals surface area contributed by atoms with Crippen LogP contribution in [0.2, 0.25) is 0 Å². The molecule has 0 bridgehead atoms. The SMILES string of the molecule is CCC1(CC)CN(c2ccc([N+](=O)[O-])cc2)CCS1(=O)=O. The molecular weight excluding hydrogens is 292 g/mol. The van der Waals surface area contributed by atoms with E-state index in [-0.39, 0.29) is 11.4 Å². The first kappa shape index (κ1) is 15.8. The first-order valence-corrected chi connectivity index (χ1v) is 8.72. The number of benzene rings is 1. The fourth-order valence-electron chi connectivity index (χ4n) is 2.89. The smallest absolute Gasteiger partial charge is 0.269 e. The van der Waals surface area contributed by atoms with Crippen molar-refractivity contribution >= 4 is 21.2 Å². The predicted molar refractivity (Wildman–Crippen MR) is 82.4 cm³/mol. The maximum atomic E-state index is 12.4. The summed E-state index contributed by atoms with van der Waals surface area (Å²) in [5.41, 5.74) is 0.877. The van der Waals surface area contributed by atoms with Crippen molar-refractivity contribution in [3.05, 3.63) is 34.4 Å². The normalized spacial score (nSPS) is 20.2. The molecule has 0 saturated carbocycles. The molecular formula is C14H20N2O4S. The van der Waals surface area contributed by atoms with E-state index >= 15 is 0 Å². The topological polar surface area (TPSA) is 80.5 Å². The molecule has 0 radical (unpaired) electrons. The maximum Gasteiger partial charge on any atom is 0.269 e. The van der Waals surface area contributed by atoms with Crippen LogP contribution >= 0.6 is 0 Å². The average molecular weight is 312 g/mol. The standard InChI is InChI=1S/C14H20N2O4S/c1-3-14(4-2)11-15(9-10-21(14,19)20)12-5-7-13(8-6-12)16(17)18/h5-8H,3-4,9-11H2,1-2H3. The summed E-state index contributed by atoms with van der Waals surface area (Å²) in [6, 6.07) is 6.29. The molecule has 1 aromatic carbocycles. The van der Waals surface area contributed by atoms with Crippen LogP contribution in [0.1, 0.15) is 26.7 Å². The van der Waals surface area contributed by atoms with Crippen LogP contribution in [0.15, 0.2) is 24.3 Å². The molecule has 0 aliphatic carbocycles. The number of rotatable bonds is 4. The summed E-state index contributed by atoms with van der Waals surface area (Å²) < 4.78 is 24.0. The van der Waals surface area contributed by atoms with Gasteiger partial charge in [0.2, 0.25) is 0 Å². The largest absolute Gasteiger partial charge is 0.369 e. The third-order valence-electron chi connectivity index (χ3n) is 4.48. The van der Waals surface area contributed by atoms with Gasteiger partial charge < -0.3 is 4.90 Å². The molecule has 2 rings (SSSR count). The minimum Gasteiger partial charge on any atom is -0.369 e. The molecule has 6 nitrogen and oxygen atoms in total. The van der Waals surface area contributed by atoms with Gasteiger partial charge in [-0.25, -0.2) is 8.42 Å². The molecule has 116 valence electrons. The molecule has 0 atom stereocenters. The van der Waals surface area contributed by atoms with E-state index < -0.39 is 19.5 Å². The lowest BCUT2D eigenvalue weighted by Crippen LogP contribution is -2.55. The monoisotopic (exact) mass is 312 g/mol. The molecule has 1 heterocycles. The Kier molecular flexibility index (Phi) is 4.22. The highest BCUT2D eigenvalue weighted by Crippen LogP contribution is 2.34. The van der Waals surface area contributed by atoms with Crippen molar-refractivity contribution in [3.63, 3.8) is 0 Å². The van der Waals surface area contributed by atoms with E-state index in [9.17, 15) is 18.5 Å². The quantitative estimate of drug-likeness (QED) is 0.630. The molecule has 1 fully saturated rings. The number of non-ortho nitro benzene ring substituents is 1. The van der Waals surface area contributed by atoms with Gasteiger partial charge in [0.05, 0.1) is 15.4 Å². The summed E-state index contributed by atoms with van der Waals surface area (Å²) in [7, 11) is -3.10. The zero-order valence-electron chi connectivity index (χ0n) is 12.3. The lowest BCUT2D eigenvalue weighted by Gasteiger charge is -2.42. The van der Waals surface area contributed by atoms with E-state index in [1.54, 1.807) is 12.1 Å². The molecule has 0 spiro atoms. The molecule has 21 heavy (non-hydrogen) atoms. The molecule has 0 N–H and O–H groups in total. The number of anilines is 1. The Bertz CT molecular complexity index is 621. The fourth-order valence-corrected chi connectivity index (χ4v) is 5.02. The van der Waals surface area contributed by atoms with Gasteiger partial charge in [-0.2, -0.15) is 0 Å². The van der Waals surface area contributed by atoms with Crippen molar-refractivity contribution in [3.8, 4) is 0 Å². The third kappa shape index (κ3) is 2.74. The minimum atomic E-state index is -3.10. The van der Waals surface area contributed by atoms with E-state index in [1.165, 1.54) is 12.1 Å². The Morgan fingerprint density at radius 2 is 1.81 bits per heavy atom. The van der Waals surface area contributed by atoms with Gasteiger partial charge in [-0.1, -0.05) is 13.8 Å². The van der Waals surface area contributed by atoms with Gasteiger partial charge in [0.1, 0.15) is 0 Å². The summed E-state index contributed by atoms with van der Waals surface area (Å²) in [6.45, 7) is 4.68. The van der Waals surface area contributed by atoms with Crippen LogP contribution in [0, 0.1) is 10.1 Å². The van der Waals surface area contributed by atoms with Crippen molar-refractivity contribution in [1.29, 1.82) is 0 Å². The maximum absolute atomic E-state index is 12.4. The van der Waals surface area contributed by atoms with Crippen LogP contribution in [0.25, 0.3) is 0 Å². The second-order valence-electron chi connectivity index (χ2n) is 5.40. The highest BCUT2D eigenvalue weighted by molar-refractivity contribution is 7.92. The Morgan fingerprint density at radius 1 is 1.24 bits per heavy atom. The van der Waals surface area contributed by atoms with Crippen LogP contribution in [0.5, 0.6) is 0 Å². The fraction of sp³-hybridized carbons (Fsp3) is 0.571. The Morgan fingerprint density at radius 3 is 2.29 bits per heavy atom. The molecule has 7 heteroatoms. The van der Waals surface area contributed by atoms with Gasteiger partial charge in [-0.3, -0.25) is 10.1 Å². The molecule has 1 saturated heterocycles. The second kappa shape index (κ2) is 5.63. The van der Waals surface area contributed by atoms with Gasteiger partial charge in [0, 0.05) is 30.9 Å². The number of hydrogen-bond acceptors (Lipinski definition) is 5. The van der Waals surface area contributed by atoms with Crippen LogP contribution in [0.3, 0.4) is 0 Å². The Labute approximate surface area is 124 Å². The van der Waals surface area contributed by atoms with E-state index in [0.29, 0.717) is 25.9 Å². The van der Waals surface area contributed by atoms with Crippen molar-refractivity contribution in [2.24, 2.45) is 0 Å². The van der Waals surface area contributed by atoms with Gasteiger partial charge >= 0.3 is 0 Å². The van der Waals surface area contributed by atoms with Crippen molar-refractivity contribution in [2.45, 2.75) is 31.4 Å². The first-order chi connectivity index (χ1) is 9.85. The summed E-state index contributed by atoms with van der Waals surface area (Å²) in [6.07, 6.45) is 1.16. The molecule has 0 amide bonds. The number of sulfone groups is 1. The Balaban J connectivity index is 2.28. The second-order valence-corrected chi connectivity index (χ2v) is 7.91. The van der Waals surface area contributed by atoms with Gasteiger partial charge in [0.15, 0.2) is 9.84 Å². The van der Waals surface area contributed by atoms with E-state index in [1.807, 2.05) is 18.7 Å². The Hall–Kier alpha value is -1.63. The van der Waals surface area contributed by atoms with Crippen molar-refractivity contribution in [1.82, 2.24) is 0 Å². The van der Waals surface area contributed by atoms with Crippen molar-refractivity contribution in [2.75, 3.05) is 23.7 Å². The van der Waals surface area contributed by atoms with Crippen LogP contribution in [-0.4, -0.2) is 36.9 Å². The molecule has 1 aliphatic heterocycles. The van der Waals surface area contributed by atoms with Gasteiger partial charge in [0.25, 0.3) is 5.69 Å². The van der Waals surface area contributed by atoms with Gasteiger partial charge in [-0.05, 0) is 25.0 Å². The van der Waals surface area contributed by atoms with Crippen molar-refractivity contribution < 1.29 is 13.3 Å². The van der Waals surface area contributed by atoms with Gasteiger partial charge in [-0.15, -0.1) is 0 Å². The highest BCUT2D eigenvalue weighted by Gasteiger charge is 2.45. The zero-order chi connectivity index (χ0) is 15.7. The number of nitro groups is 1. The number of hydrogen-bond donors (Lipinski definition) is 0. The third-order valence-corrected chi connectivity index (χ3v) is 7.23. The van der Waals surface area contributed by atoms with Crippen LogP contribution < -0.4 is 4.90 Å². The summed E-state index contributed by atoms with van der Waals surface area (Å²) in [5.74, 6) is 0.131. The first-order valence-electron chi connectivity index (χ1n) is 7.07. The molecule has 0 unspecified atom stereocenters. The molecule has 1 aromatic rings. The summed E-state index contributed by atoms with van der Waals surface area (Å²) >= 11 is 0. The lowest BCUT2D eigenvalue weighted by atomic mass is 10.0. The molecule has 0 aromatic heterocycles. The van der Waals surface area contributed by atoms with Crippen LogP contribution in [0.4, 0.5) is 11.4 Å². The predicted octanol–water partition coefficient (Wildman–Crippen LogP) is 2.39. The number of nitro benzene ring substituents is 1. The van der Waals surface area contributed by atoms with E-state index in [2.05, 4.69) is 0 Å².